The Morgan fingerprint density at radius 3 is 2.13 bits per heavy atom. The third-order valence-electron chi connectivity index (χ3n) is 3.04. The maximum Gasteiger partial charge on any atom is 0.313 e. The van der Waals surface area contributed by atoms with Crippen molar-refractivity contribution >= 4 is 40.7 Å². The van der Waals surface area contributed by atoms with Gasteiger partial charge in [0.05, 0.1) is 6.04 Å². The van der Waals surface area contributed by atoms with Crippen LogP contribution in [0.2, 0.25) is 10.0 Å². The largest absolute Gasteiger partial charge is 0.341 e. The minimum atomic E-state index is -0.850. The molecule has 7 heteroatoms. The van der Waals surface area contributed by atoms with Gasteiger partial charge in [-0.15, -0.1) is 0 Å². The van der Waals surface area contributed by atoms with Crippen LogP contribution in [0, 0.1) is 5.82 Å². The molecule has 2 aromatic carbocycles. The molecule has 0 radical (unpaired) electrons. The number of nitrogens with one attached hydrogen (secondary N) is 2. The topological polar surface area (TPSA) is 58.2 Å². The second-order valence-electron chi connectivity index (χ2n) is 4.86. The van der Waals surface area contributed by atoms with E-state index in [4.69, 9.17) is 23.2 Å². The Hall–Kier alpha value is -2.11. The van der Waals surface area contributed by atoms with Crippen LogP contribution in [0.4, 0.5) is 10.1 Å². The summed E-state index contributed by atoms with van der Waals surface area (Å²) in [6, 6.07) is 9.65. The van der Waals surface area contributed by atoms with E-state index in [1.54, 1.807) is 6.92 Å². The Kier molecular flexibility index (Phi) is 5.58. The lowest BCUT2D eigenvalue weighted by Gasteiger charge is -2.14. The quantitative estimate of drug-likeness (QED) is 0.820. The third kappa shape index (κ3) is 4.94. The van der Waals surface area contributed by atoms with E-state index in [2.05, 4.69) is 10.6 Å². The Labute approximate surface area is 142 Å². The van der Waals surface area contributed by atoms with Crippen LogP contribution < -0.4 is 10.6 Å². The molecule has 2 rings (SSSR count). The second kappa shape index (κ2) is 7.44. The van der Waals surface area contributed by atoms with Crippen molar-refractivity contribution in [1.29, 1.82) is 0 Å². The molecule has 0 heterocycles. The standard InChI is InChI=1S/C16H13Cl2FN2O2/c1-9(10-2-4-13(19)5-3-10)20-15(22)16(23)21-14-7-11(17)6-12(18)8-14/h2-9H,1H3,(H,20,22)(H,21,23). The average Bonchev–Trinajstić information content (AvgIpc) is 2.46. The molecular weight excluding hydrogens is 342 g/mol. The molecular formula is C16H13Cl2FN2O2. The molecule has 120 valence electrons. The third-order valence-corrected chi connectivity index (χ3v) is 3.48. The summed E-state index contributed by atoms with van der Waals surface area (Å²) in [4.78, 5) is 23.8. The van der Waals surface area contributed by atoms with Crippen LogP contribution in [0.3, 0.4) is 0 Å². The molecule has 0 aromatic heterocycles. The molecule has 2 aromatic rings. The number of hydrogen-bond donors (Lipinski definition) is 2. The molecule has 0 fully saturated rings. The molecule has 0 aliphatic carbocycles. The summed E-state index contributed by atoms with van der Waals surface area (Å²) < 4.78 is 12.9. The molecule has 0 saturated heterocycles. The zero-order valence-electron chi connectivity index (χ0n) is 12.1. The van der Waals surface area contributed by atoms with Gasteiger partial charge in [0, 0.05) is 15.7 Å². The fourth-order valence-electron chi connectivity index (χ4n) is 1.91. The predicted molar refractivity (Wildman–Crippen MR) is 88.0 cm³/mol. The van der Waals surface area contributed by atoms with Crippen molar-refractivity contribution in [1.82, 2.24) is 5.32 Å². The van der Waals surface area contributed by atoms with Crippen LogP contribution >= 0.6 is 23.2 Å². The Balaban J connectivity index is 1.99. The first-order chi connectivity index (χ1) is 10.8. The molecule has 0 aliphatic rings. The highest BCUT2D eigenvalue weighted by molar-refractivity contribution is 6.40. The highest BCUT2D eigenvalue weighted by Crippen LogP contribution is 2.22. The zero-order valence-corrected chi connectivity index (χ0v) is 13.6. The number of carbonyl (C=O) groups is 2. The van der Waals surface area contributed by atoms with Gasteiger partial charge in [0.25, 0.3) is 0 Å². The van der Waals surface area contributed by atoms with Crippen LogP contribution in [0.5, 0.6) is 0 Å². The molecule has 4 nitrogen and oxygen atoms in total. The van der Waals surface area contributed by atoms with E-state index >= 15 is 0 Å². The maximum atomic E-state index is 12.9. The van der Waals surface area contributed by atoms with Gasteiger partial charge in [-0.3, -0.25) is 9.59 Å². The first kappa shape index (κ1) is 17.2. The summed E-state index contributed by atoms with van der Waals surface area (Å²) in [6.45, 7) is 1.69. The van der Waals surface area contributed by atoms with E-state index in [-0.39, 0.29) is 5.82 Å². The van der Waals surface area contributed by atoms with Gasteiger partial charge >= 0.3 is 11.8 Å². The van der Waals surface area contributed by atoms with Gasteiger partial charge in [-0.2, -0.15) is 0 Å². The van der Waals surface area contributed by atoms with E-state index < -0.39 is 17.9 Å². The van der Waals surface area contributed by atoms with Crippen LogP contribution in [-0.4, -0.2) is 11.8 Å². The lowest BCUT2D eigenvalue weighted by atomic mass is 10.1. The summed E-state index contributed by atoms with van der Waals surface area (Å²) >= 11 is 11.6. The fourth-order valence-corrected chi connectivity index (χ4v) is 2.44. The van der Waals surface area contributed by atoms with E-state index in [1.807, 2.05) is 0 Å². The van der Waals surface area contributed by atoms with Crippen molar-refractivity contribution in [3.05, 3.63) is 63.9 Å². The number of anilines is 1. The number of halogens is 3. The van der Waals surface area contributed by atoms with Gasteiger partial charge in [-0.25, -0.2) is 4.39 Å². The fraction of sp³-hybridized carbons (Fsp3) is 0.125. The zero-order chi connectivity index (χ0) is 17.0. The monoisotopic (exact) mass is 354 g/mol. The van der Waals surface area contributed by atoms with E-state index in [1.165, 1.54) is 42.5 Å². The van der Waals surface area contributed by atoms with Crippen LogP contribution in [-0.2, 0) is 9.59 Å². The van der Waals surface area contributed by atoms with Crippen molar-refractivity contribution in [2.24, 2.45) is 0 Å². The molecule has 1 atom stereocenters. The van der Waals surface area contributed by atoms with Crippen LogP contribution in [0.15, 0.2) is 42.5 Å². The Morgan fingerprint density at radius 2 is 1.57 bits per heavy atom. The van der Waals surface area contributed by atoms with Crippen molar-refractivity contribution in [2.45, 2.75) is 13.0 Å². The highest BCUT2D eigenvalue weighted by atomic mass is 35.5. The minimum Gasteiger partial charge on any atom is -0.341 e. The Bertz CT molecular complexity index is 715. The molecule has 0 saturated carbocycles. The lowest BCUT2D eigenvalue weighted by Crippen LogP contribution is -2.36. The summed E-state index contributed by atoms with van der Waals surface area (Å²) in [5.41, 5.74) is 0.996. The molecule has 0 aliphatic heterocycles. The molecule has 2 N–H and O–H groups in total. The van der Waals surface area contributed by atoms with Crippen LogP contribution in [0.1, 0.15) is 18.5 Å². The van der Waals surface area contributed by atoms with Crippen molar-refractivity contribution in [3.63, 3.8) is 0 Å². The summed E-state index contributed by atoms with van der Waals surface area (Å²) in [5, 5.41) is 5.62. The van der Waals surface area contributed by atoms with E-state index in [0.717, 1.165) is 0 Å². The summed E-state index contributed by atoms with van der Waals surface area (Å²) in [6.07, 6.45) is 0. The number of hydrogen-bond acceptors (Lipinski definition) is 2. The van der Waals surface area contributed by atoms with Crippen LogP contribution in [0.25, 0.3) is 0 Å². The number of amides is 2. The van der Waals surface area contributed by atoms with Gasteiger partial charge in [0.15, 0.2) is 0 Å². The van der Waals surface area contributed by atoms with Crippen molar-refractivity contribution in [3.8, 4) is 0 Å². The van der Waals surface area contributed by atoms with Crippen molar-refractivity contribution in [2.75, 3.05) is 5.32 Å². The lowest BCUT2D eigenvalue weighted by molar-refractivity contribution is -0.136. The number of carbonyl (C=O) groups excluding carboxylic acids is 2. The van der Waals surface area contributed by atoms with E-state index in [0.29, 0.717) is 21.3 Å². The van der Waals surface area contributed by atoms with E-state index in [9.17, 15) is 14.0 Å². The summed E-state index contributed by atoms with van der Waals surface area (Å²) in [5.74, 6) is -2.04. The minimum absolute atomic E-state index is 0.317. The molecule has 23 heavy (non-hydrogen) atoms. The second-order valence-corrected chi connectivity index (χ2v) is 5.73. The first-order valence-electron chi connectivity index (χ1n) is 6.68. The first-order valence-corrected chi connectivity index (χ1v) is 7.44. The van der Waals surface area contributed by atoms with Gasteiger partial charge in [-0.1, -0.05) is 35.3 Å². The number of rotatable bonds is 3. The molecule has 2 amide bonds. The average molecular weight is 355 g/mol. The molecule has 0 spiro atoms. The van der Waals surface area contributed by atoms with Gasteiger partial charge < -0.3 is 10.6 Å². The number of benzene rings is 2. The SMILES string of the molecule is CC(NC(=O)C(=O)Nc1cc(Cl)cc(Cl)c1)c1ccc(F)cc1. The predicted octanol–water partition coefficient (Wildman–Crippen LogP) is 3.95. The van der Waals surface area contributed by atoms with Crippen molar-refractivity contribution < 1.29 is 14.0 Å². The normalized spacial score (nSPS) is 11.7. The van der Waals surface area contributed by atoms with Gasteiger partial charge in [0.2, 0.25) is 0 Å². The Morgan fingerprint density at radius 1 is 1.00 bits per heavy atom. The molecule has 0 bridgehead atoms. The highest BCUT2D eigenvalue weighted by Gasteiger charge is 2.17. The van der Waals surface area contributed by atoms with Gasteiger partial charge in [-0.05, 0) is 42.8 Å². The van der Waals surface area contributed by atoms with Gasteiger partial charge in [0.1, 0.15) is 5.82 Å². The smallest absolute Gasteiger partial charge is 0.313 e. The maximum absolute atomic E-state index is 12.9. The summed E-state index contributed by atoms with van der Waals surface area (Å²) in [7, 11) is 0. The molecule has 1 unspecified atom stereocenters.